The average molecular weight is 468 g/mol. The van der Waals surface area contributed by atoms with Crippen molar-refractivity contribution in [3.8, 4) is 16.9 Å². The van der Waals surface area contributed by atoms with Crippen molar-refractivity contribution >= 4 is 40.1 Å². The fourth-order valence-corrected chi connectivity index (χ4v) is 3.76. The molecule has 3 aromatic heterocycles. The Morgan fingerprint density at radius 1 is 1.09 bits per heavy atom. The van der Waals surface area contributed by atoms with Crippen LogP contribution in [0.3, 0.4) is 0 Å². The SMILES string of the molecule is CCOc1cc(F)cn2cc(C(=O)Nc3nc4cc(-c5cc(F)cc(Cl)c5)ccc4[nH]3)nc12. The van der Waals surface area contributed by atoms with E-state index in [-0.39, 0.29) is 17.4 Å². The molecule has 0 aliphatic carbocycles. The summed E-state index contributed by atoms with van der Waals surface area (Å²) in [5.74, 6) is -1.03. The Kier molecular flexibility index (Phi) is 5.18. The van der Waals surface area contributed by atoms with Crippen LogP contribution in [0.25, 0.3) is 27.8 Å². The van der Waals surface area contributed by atoms with Crippen molar-refractivity contribution < 1.29 is 18.3 Å². The molecular formula is C23H16ClF2N5O2. The van der Waals surface area contributed by atoms with Crippen molar-refractivity contribution in [2.24, 2.45) is 0 Å². The van der Waals surface area contributed by atoms with Crippen molar-refractivity contribution in [1.82, 2.24) is 19.4 Å². The van der Waals surface area contributed by atoms with Gasteiger partial charge in [0, 0.05) is 23.5 Å². The largest absolute Gasteiger partial charge is 0.490 e. The first-order chi connectivity index (χ1) is 15.9. The monoisotopic (exact) mass is 467 g/mol. The molecule has 5 rings (SSSR count). The molecule has 33 heavy (non-hydrogen) atoms. The zero-order valence-electron chi connectivity index (χ0n) is 17.2. The first-order valence-electron chi connectivity index (χ1n) is 9.98. The standard InChI is InChI=1S/C23H16ClF2N5O2/c1-2-33-20-9-16(26)10-31-11-19(27-21(20)31)22(32)30-23-28-17-4-3-12(7-18(17)29-23)13-5-14(24)8-15(25)6-13/h3-11H,2H2,1H3,(H2,28,29,30,32). The smallest absolute Gasteiger partial charge is 0.278 e. The van der Waals surface area contributed by atoms with Gasteiger partial charge in [-0.25, -0.2) is 18.7 Å². The summed E-state index contributed by atoms with van der Waals surface area (Å²) in [6.45, 7) is 2.10. The maximum Gasteiger partial charge on any atom is 0.278 e. The minimum atomic E-state index is -0.530. The highest BCUT2D eigenvalue weighted by atomic mass is 35.5. The fourth-order valence-electron chi connectivity index (χ4n) is 3.54. The van der Waals surface area contributed by atoms with Gasteiger partial charge in [0.05, 0.1) is 17.6 Å². The van der Waals surface area contributed by atoms with Gasteiger partial charge in [-0.3, -0.25) is 10.1 Å². The highest BCUT2D eigenvalue weighted by molar-refractivity contribution is 6.30. The topological polar surface area (TPSA) is 84.3 Å². The quantitative estimate of drug-likeness (QED) is 0.359. The molecule has 0 saturated carbocycles. The van der Waals surface area contributed by atoms with Crippen LogP contribution in [0.2, 0.25) is 5.02 Å². The van der Waals surface area contributed by atoms with Crippen molar-refractivity contribution in [3.05, 3.63) is 77.2 Å². The minimum Gasteiger partial charge on any atom is -0.490 e. The van der Waals surface area contributed by atoms with Gasteiger partial charge in [-0.1, -0.05) is 17.7 Å². The lowest BCUT2D eigenvalue weighted by molar-refractivity contribution is 0.102. The van der Waals surface area contributed by atoms with Gasteiger partial charge in [-0.2, -0.15) is 0 Å². The van der Waals surface area contributed by atoms with Crippen molar-refractivity contribution in [3.63, 3.8) is 0 Å². The molecule has 0 atom stereocenters. The summed E-state index contributed by atoms with van der Waals surface area (Å²) in [6, 6.07) is 10.8. The lowest BCUT2D eigenvalue weighted by Crippen LogP contribution is -2.13. The molecule has 0 unspecified atom stereocenters. The van der Waals surface area contributed by atoms with Crippen LogP contribution in [-0.2, 0) is 0 Å². The van der Waals surface area contributed by atoms with Crippen LogP contribution < -0.4 is 10.1 Å². The number of hydrogen-bond donors (Lipinski definition) is 2. The first kappa shape index (κ1) is 20.9. The predicted octanol–water partition coefficient (Wildman–Crippen LogP) is 5.46. The number of carbonyl (C=O) groups is 1. The summed E-state index contributed by atoms with van der Waals surface area (Å²) in [5.41, 5.74) is 2.96. The third-order valence-corrected chi connectivity index (χ3v) is 5.15. The number of nitrogens with one attached hydrogen (secondary N) is 2. The Bertz CT molecular complexity index is 1510. The molecule has 7 nitrogen and oxygen atoms in total. The van der Waals surface area contributed by atoms with E-state index >= 15 is 0 Å². The van der Waals surface area contributed by atoms with Crippen LogP contribution in [0.5, 0.6) is 5.75 Å². The third-order valence-electron chi connectivity index (χ3n) is 4.93. The van der Waals surface area contributed by atoms with E-state index in [0.29, 0.717) is 33.9 Å². The van der Waals surface area contributed by atoms with Gasteiger partial charge in [0.1, 0.15) is 17.3 Å². The van der Waals surface area contributed by atoms with E-state index < -0.39 is 17.5 Å². The minimum absolute atomic E-state index is 0.0668. The zero-order chi connectivity index (χ0) is 23.1. The molecule has 0 radical (unpaired) electrons. The van der Waals surface area contributed by atoms with Crippen LogP contribution in [0.1, 0.15) is 17.4 Å². The maximum atomic E-state index is 13.8. The fraction of sp³-hybridized carbons (Fsp3) is 0.0870. The van der Waals surface area contributed by atoms with Crippen molar-refractivity contribution in [2.45, 2.75) is 6.92 Å². The number of ether oxygens (including phenoxy) is 1. The molecule has 3 heterocycles. The second kappa shape index (κ2) is 8.18. The number of anilines is 1. The van der Waals surface area contributed by atoms with E-state index in [1.165, 1.54) is 35.0 Å². The van der Waals surface area contributed by atoms with E-state index in [9.17, 15) is 13.6 Å². The number of fused-ring (bicyclic) bond motifs is 2. The third kappa shape index (κ3) is 4.10. The molecule has 166 valence electrons. The molecule has 2 N–H and O–H groups in total. The molecular weight excluding hydrogens is 452 g/mol. The highest BCUT2D eigenvalue weighted by Gasteiger charge is 2.17. The summed E-state index contributed by atoms with van der Waals surface area (Å²) in [4.78, 5) is 24.4. The van der Waals surface area contributed by atoms with E-state index in [4.69, 9.17) is 16.3 Å². The van der Waals surface area contributed by atoms with Crippen molar-refractivity contribution in [2.75, 3.05) is 11.9 Å². The predicted molar refractivity (Wildman–Crippen MR) is 121 cm³/mol. The summed E-state index contributed by atoms with van der Waals surface area (Å²) >= 11 is 5.96. The van der Waals surface area contributed by atoms with E-state index in [1.54, 1.807) is 31.2 Å². The van der Waals surface area contributed by atoms with Crippen LogP contribution >= 0.6 is 11.6 Å². The Balaban J connectivity index is 1.43. The molecule has 1 amide bonds. The van der Waals surface area contributed by atoms with Crippen LogP contribution in [0.15, 0.2) is 54.9 Å². The number of halogens is 3. The molecule has 10 heteroatoms. The number of pyridine rings is 1. The molecule has 0 saturated heterocycles. The Morgan fingerprint density at radius 2 is 1.94 bits per heavy atom. The summed E-state index contributed by atoms with van der Waals surface area (Å²) in [6.07, 6.45) is 2.62. The van der Waals surface area contributed by atoms with Crippen LogP contribution in [-0.4, -0.2) is 31.9 Å². The van der Waals surface area contributed by atoms with Gasteiger partial charge in [0.15, 0.2) is 11.4 Å². The number of carbonyl (C=O) groups excluding carboxylic acids is 1. The summed E-state index contributed by atoms with van der Waals surface area (Å²) < 4.78 is 34.3. The van der Waals surface area contributed by atoms with Crippen LogP contribution in [0.4, 0.5) is 14.7 Å². The summed E-state index contributed by atoms with van der Waals surface area (Å²) in [5, 5.41) is 2.95. The molecule has 0 bridgehead atoms. The number of imidazole rings is 2. The van der Waals surface area contributed by atoms with Crippen LogP contribution in [0, 0.1) is 11.6 Å². The van der Waals surface area contributed by atoms with E-state index in [2.05, 4.69) is 20.3 Å². The molecule has 2 aromatic carbocycles. The Hall–Kier alpha value is -3.98. The van der Waals surface area contributed by atoms with Gasteiger partial charge in [0.2, 0.25) is 5.95 Å². The number of amides is 1. The number of hydrogen-bond acceptors (Lipinski definition) is 4. The molecule has 0 spiro atoms. The van der Waals surface area contributed by atoms with E-state index in [0.717, 1.165) is 5.56 Å². The number of nitrogens with zero attached hydrogens (tertiary/aromatic N) is 3. The van der Waals surface area contributed by atoms with Gasteiger partial charge in [-0.05, 0) is 48.4 Å². The Morgan fingerprint density at radius 3 is 2.73 bits per heavy atom. The number of rotatable bonds is 5. The Labute approximate surface area is 191 Å². The second-order valence-electron chi connectivity index (χ2n) is 7.24. The number of benzene rings is 2. The molecule has 0 fully saturated rings. The van der Waals surface area contributed by atoms with Gasteiger partial charge >= 0.3 is 0 Å². The molecule has 0 aliphatic rings. The van der Waals surface area contributed by atoms with Crippen molar-refractivity contribution in [1.29, 1.82) is 0 Å². The highest BCUT2D eigenvalue weighted by Crippen LogP contribution is 2.28. The van der Waals surface area contributed by atoms with E-state index in [1.807, 2.05) is 0 Å². The number of aromatic amines is 1. The van der Waals surface area contributed by atoms with Gasteiger partial charge < -0.3 is 14.1 Å². The lowest BCUT2D eigenvalue weighted by Gasteiger charge is -2.04. The number of aromatic nitrogens is 4. The number of H-pyrrole nitrogens is 1. The second-order valence-corrected chi connectivity index (χ2v) is 7.68. The lowest BCUT2D eigenvalue weighted by atomic mass is 10.1. The normalized spacial score (nSPS) is 11.3. The zero-order valence-corrected chi connectivity index (χ0v) is 18.0. The average Bonchev–Trinajstić information content (AvgIpc) is 3.36. The first-order valence-corrected chi connectivity index (χ1v) is 10.4. The molecule has 5 aromatic rings. The maximum absolute atomic E-state index is 13.8. The molecule has 0 aliphatic heterocycles. The van der Waals surface area contributed by atoms with Gasteiger partial charge in [-0.15, -0.1) is 0 Å². The summed E-state index contributed by atoms with van der Waals surface area (Å²) in [7, 11) is 0. The van der Waals surface area contributed by atoms with Gasteiger partial charge in [0.25, 0.3) is 5.91 Å².